The summed E-state index contributed by atoms with van der Waals surface area (Å²) in [6.07, 6.45) is 0. The van der Waals surface area contributed by atoms with Crippen LogP contribution in [0, 0.1) is 6.92 Å². The second-order valence-electron chi connectivity index (χ2n) is 5.38. The highest BCUT2D eigenvalue weighted by Crippen LogP contribution is 2.32. The first kappa shape index (κ1) is 13.4. The molecule has 0 saturated carbocycles. The first-order valence-corrected chi connectivity index (χ1v) is 8.15. The van der Waals surface area contributed by atoms with Crippen LogP contribution < -0.4 is 0 Å². The summed E-state index contributed by atoms with van der Waals surface area (Å²) in [4.78, 5) is 6.14. The van der Waals surface area contributed by atoms with Gasteiger partial charge in [-0.05, 0) is 36.1 Å². The van der Waals surface area contributed by atoms with E-state index in [9.17, 15) is 0 Å². The van der Waals surface area contributed by atoms with E-state index in [0.717, 1.165) is 10.5 Å². The molecule has 0 aliphatic carbocycles. The molecule has 3 aromatic carbocycles. The molecule has 0 bridgehead atoms. The number of aromatic nitrogens is 1. The lowest BCUT2D eigenvalue weighted by molar-refractivity contribution is 1.17. The van der Waals surface area contributed by atoms with Gasteiger partial charge in [0.25, 0.3) is 0 Å². The molecule has 1 aromatic heterocycles. The van der Waals surface area contributed by atoms with E-state index < -0.39 is 0 Å². The molecule has 0 aliphatic heterocycles. The lowest BCUT2D eigenvalue weighted by Gasteiger charge is -2.09. The average molecular weight is 301 g/mol. The molecule has 4 aromatic rings. The summed E-state index contributed by atoms with van der Waals surface area (Å²) in [6, 6.07) is 25.4. The van der Waals surface area contributed by atoms with Gasteiger partial charge in [0, 0.05) is 15.7 Å². The molecular weight excluding hydrogens is 286 g/mol. The van der Waals surface area contributed by atoms with Crippen LogP contribution in [0.2, 0.25) is 0 Å². The summed E-state index contributed by atoms with van der Waals surface area (Å²) in [5.74, 6) is 0. The zero-order valence-corrected chi connectivity index (χ0v) is 13.1. The van der Waals surface area contributed by atoms with E-state index in [1.54, 1.807) is 11.8 Å². The summed E-state index contributed by atoms with van der Waals surface area (Å²) >= 11 is 1.71. The maximum atomic E-state index is 4.92. The zero-order chi connectivity index (χ0) is 14.9. The molecule has 0 fully saturated rings. The third-order valence-corrected chi connectivity index (χ3v) is 4.78. The number of nitrogens with zero attached hydrogens (tertiary/aromatic N) is 1. The van der Waals surface area contributed by atoms with E-state index in [-0.39, 0.29) is 0 Å². The fraction of sp³-hybridized carbons (Fsp3) is 0.0500. The van der Waals surface area contributed by atoms with Gasteiger partial charge in [0.1, 0.15) is 5.03 Å². The SMILES string of the molecule is Cc1cc(Sc2ccccc2)nc2c1ccc1ccccc12. The van der Waals surface area contributed by atoms with Crippen molar-refractivity contribution < 1.29 is 0 Å². The van der Waals surface area contributed by atoms with Gasteiger partial charge >= 0.3 is 0 Å². The van der Waals surface area contributed by atoms with E-state index in [2.05, 4.69) is 73.7 Å². The first-order valence-electron chi connectivity index (χ1n) is 7.33. The maximum absolute atomic E-state index is 4.92. The van der Waals surface area contributed by atoms with Crippen molar-refractivity contribution in [3.63, 3.8) is 0 Å². The Labute approximate surface area is 134 Å². The highest BCUT2D eigenvalue weighted by Gasteiger charge is 2.07. The lowest BCUT2D eigenvalue weighted by Crippen LogP contribution is -1.88. The van der Waals surface area contributed by atoms with Gasteiger partial charge in [0.15, 0.2) is 0 Å². The van der Waals surface area contributed by atoms with Crippen LogP contribution in [0.25, 0.3) is 21.7 Å². The molecule has 106 valence electrons. The standard InChI is InChI=1S/C20H15NS/c1-14-13-19(22-16-8-3-2-4-9-16)21-20-17(14)12-11-15-7-5-6-10-18(15)20/h2-13H,1H3. The van der Waals surface area contributed by atoms with Gasteiger partial charge < -0.3 is 0 Å². The van der Waals surface area contributed by atoms with Crippen LogP contribution in [0.3, 0.4) is 0 Å². The van der Waals surface area contributed by atoms with E-state index in [1.165, 1.54) is 26.6 Å². The van der Waals surface area contributed by atoms with Gasteiger partial charge in [-0.25, -0.2) is 4.98 Å². The monoisotopic (exact) mass is 301 g/mol. The Balaban J connectivity index is 1.92. The van der Waals surface area contributed by atoms with Gasteiger partial charge in [-0.15, -0.1) is 0 Å². The predicted octanol–water partition coefficient (Wildman–Crippen LogP) is 5.85. The van der Waals surface area contributed by atoms with E-state index in [0.29, 0.717) is 0 Å². The fourth-order valence-electron chi connectivity index (χ4n) is 2.76. The second-order valence-corrected chi connectivity index (χ2v) is 6.47. The Kier molecular flexibility index (Phi) is 3.32. The van der Waals surface area contributed by atoms with Crippen molar-refractivity contribution in [3.8, 4) is 0 Å². The first-order chi connectivity index (χ1) is 10.8. The fourth-order valence-corrected chi connectivity index (χ4v) is 3.67. The minimum atomic E-state index is 1.05. The Hall–Kier alpha value is -2.32. The minimum absolute atomic E-state index is 1.05. The Morgan fingerprint density at radius 3 is 2.41 bits per heavy atom. The second kappa shape index (κ2) is 5.47. The highest BCUT2D eigenvalue weighted by atomic mass is 32.2. The van der Waals surface area contributed by atoms with Gasteiger partial charge in [0.05, 0.1) is 5.52 Å². The van der Waals surface area contributed by atoms with Crippen molar-refractivity contribution in [2.24, 2.45) is 0 Å². The molecule has 0 amide bonds. The third-order valence-electron chi connectivity index (χ3n) is 3.85. The number of hydrogen-bond donors (Lipinski definition) is 0. The molecule has 0 aliphatic rings. The molecule has 0 atom stereocenters. The van der Waals surface area contributed by atoms with Crippen LogP contribution in [0.4, 0.5) is 0 Å². The van der Waals surface area contributed by atoms with Crippen LogP contribution in [-0.2, 0) is 0 Å². The summed E-state index contributed by atoms with van der Waals surface area (Å²) in [7, 11) is 0. The van der Waals surface area contributed by atoms with Crippen LogP contribution in [0.5, 0.6) is 0 Å². The molecule has 1 nitrogen and oxygen atoms in total. The van der Waals surface area contributed by atoms with E-state index in [4.69, 9.17) is 4.98 Å². The number of benzene rings is 3. The summed E-state index contributed by atoms with van der Waals surface area (Å²) in [5.41, 5.74) is 2.37. The van der Waals surface area contributed by atoms with E-state index >= 15 is 0 Å². The van der Waals surface area contributed by atoms with Gasteiger partial charge in [-0.1, -0.05) is 66.4 Å². The minimum Gasteiger partial charge on any atom is -0.240 e. The van der Waals surface area contributed by atoms with Crippen molar-refractivity contribution >= 4 is 33.4 Å². The molecule has 0 unspecified atom stereocenters. The summed E-state index contributed by atoms with van der Waals surface area (Å²) in [5, 5.41) is 4.74. The topological polar surface area (TPSA) is 12.9 Å². The van der Waals surface area contributed by atoms with Crippen molar-refractivity contribution in [1.82, 2.24) is 4.98 Å². The molecule has 0 saturated heterocycles. The number of fused-ring (bicyclic) bond motifs is 3. The molecule has 0 radical (unpaired) electrons. The molecule has 1 heterocycles. The maximum Gasteiger partial charge on any atom is 0.102 e. The van der Waals surface area contributed by atoms with Gasteiger partial charge in [-0.2, -0.15) is 0 Å². The average Bonchev–Trinajstić information content (AvgIpc) is 2.56. The normalized spacial score (nSPS) is 11.1. The highest BCUT2D eigenvalue weighted by molar-refractivity contribution is 7.99. The number of pyridine rings is 1. The Bertz CT molecular complexity index is 961. The molecule has 0 N–H and O–H groups in total. The summed E-state index contributed by atoms with van der Waals surface area (Å²) < 4.78 is 0. The van der Waals surface area contributed by atoms with Gasteiger partial charge in [0.2, 0.25) is 0 Å². The summed E-state index contributed by atoms with van der Waals surface area (Å²) in [6.45, 7) is 2.16. The largest absolute Gasteiger partial charge is 0.240 e. The number of rotatable bonds is 2. The van der Waals surface area contributed by atoms with Crippen LogP contribution >= 0.6 is 11.8 Å². The lowest BCUT2D eigenvalue weighted by atomic mass is 10.0. The van der Waals surface area contributed by atoms with Crippen molar-refractivity contribution in [2.75, 3.05) is 0 Å². The molecule has 2 heteroatoms. The van der Waals surface area contributed by atoms with Crippen LogP contribution in [-0.4, -0.2) is 4.98 Å². The Morgan fingerprint density at radius 2 is 1.55 bits per heavy atom. The third kappa shape index (κ3) is 2.36. The number of aryl methyl sites for hydroxylation is 1. The quantitative estimate of drug-likeness (QED) is 0.431. The molecule has 4 rings (SSSR count). The predicted molar refractivity (Wildman–Crippen MR) is 94.6 cm³/mol. The van der Waals surface area contributed by atoms with Crippen LogP contribution in [0.1, 0.15) is 5.56 Å². The van der Waals surface area contributed by atoms with E-state index in [1.807, 2.05) is 6.07 Å². The van der Waals surface area contributed by atoms with Crippen molar-refractivity contribution in [1.29, 1.82) is 0 Å². The Morgan fingerprint density at radius 1 is 0.773 bits per heavy atom. The van der Waals surface area contributed by atoms with Crippen molar-refractivity contribution in [3.05, 3.63) is 78.4 Å². The van der Waals surface area contributed by atoms with Crippen molar-refractivity contribution in [2.45, 2.75) is 16.8 Å². The van der Waals surface area contributed by atoms with Crippen LogP contribution in [0.15, 0.2) is 82.7 Å². The smallest absolute Gasteiger partial charge is 0.102 e. The molecular formula is C20H15NS. The molecule has 0 spiro atoms. The molecule has 22 heavy (non-hydrogen) atoms. The zero-order valence-electron chi connectivity index (χ0n) is 12.3. The van der Waals surface area contributed by atoms with Gasteiger partial charge in [-0.3, -0.25) is 0 Å². The number of hydrogen-bond acceptors (Lipinski definition) is 2.